The lowest BCUT2D eigenvalue weighted by Gasteiger charge is -2.28. The lowest BCUT2D eigenvalue weighted by molar-refractivity contribution is 0.472. The van der Waals surface area contributed by atoms with Crippen molar-refractivity contribution in [2.24, 2.45) is 0 Å². The van der Waals surface area contributed by atoms with Gasteiger partial charge < -0.3 is 5.32 Å². The second-order valence-electron chi connectivity index (χ2n) is 4.85. The third kappa shape index (κ3) is 3.45. The van der Waals surface area contributed by atoms with Crippen LogP contribution in [0.4, 0.5) is 5.69 Å². The van der Waals surface area contributed by atoms with E-state index in [9.17, 15) is 4.79 Å². The van der Waals surface area contributed by atoms with Crippen molar-refractivity contribution in [2.45, 2.75) is 50.4 Å². The Bertz CT molecular complexity index is 483. The van der Waals surface area contributed by atoms with Crippen molar-refractivity contribution in [2.75, 3.05) is 11.6 Å². The third-order valence-corrected chi connectivity index (χ3v) is 5.15. The highest BCUT2D eigenvalue weighted by atomic mass is 35.5. The van der Waals surface area contributed by atoms with Gasteiger partial charge in [-0.3, -0.25) is 4.79 Å². The van der Waals surface area contributed by atoms with Crippen LogP contribution < -0.4 is 10.9 Å². The molecule has 0 saturated heterocycles. The number of anilines is 1. The third-order valence-electron chi connectivity index (χ3n) is 3.65. The Hall–Kier alpha value is -0.680. The highest BCUT2D eigenvalue weighted by Crippen LogP contribution is 2.29. The molecule has 6 heteroatoms. The highest BCUT2D eigenvalue weighted by Gasteiger charge is 2.21. The largest absolute Gasteiger partial charge is 0.380 e. The number of nitrogens with zero attached hydrogens (tertiary/aromatic N) is 2. The van der Waals surface area contributed by atoms with E-state index < -0.39 is 0 Å². The maximum Gasteiger partial charge on any atom is 0.287 e. The SMILES string of the molecule is CCn1ncc(NC2CCC(SC)CC2)c(Cl)c1=O. The fourth-order valence-corrected chi connectivity index (χ4v) is 3.40. The van der Waals surface area contributed by atoms with Gasteiger partial charge in [0, 0.05) is 17.8 Å². The van der Waals surface area contributed by atoms with Crippen LogP contribution in [0.1, 0.15) is 32.6 Å². The average Bonchev–Trinajstić information content (AvgIpc) is 2.45. The minimum atomic E-state index is -0.216. The number of halogens is 1. The summed E-state index contributed by atoms with van der Waals surface area (Å²) in [6.45, 7) is 2.42. The van der Waals surface area contributed by atoms with Crippen LogP contribution in [0.3, 0.4) is 0 Å². The Labute approximate surface area is 122 Å². The molecule has 0 aromatic carbocycles. The van der Waals surface area contributed by atoms with Gasteiger partial charge in [0.15, 0.2) is 0 Å². The van der Waals surface area contributed by atoms with Gasteiger partial charge in [0.05, 0.1) is 11.9 Å². The molecule has 0 bridgehead atoms. The topological polar surface area (TPSA) is 46.9 Å². The van der Waals surface area contributed by atoms with Gasteiger partial charge in [-0.05, 0) is 38.9 Å². The number of thioether (sulfide) groups is 1. The summed E-state index contributed by atoms with van der Waals surface area (Å²) in [5, 5.41) is 8.51. The molecule has 1 N–H and O–H groups in total. The number of hydrogen-bond acceptors (Lipinski definition) is 4. The first-order valence-electron chi connectivity index (χ1n) is 6.70. The van der Waals surface area contributed by atoms with Gasteiger partial charge in [-0.1, -0.05) is 11.6 Å². The maximum atomic E-state index is 11.9. The van der Waals surface area contributed by atoms with Gasteiger partial charge >= 0.3 is 0 Å². The monoisotopic (exact) mass is 301 g/mol. The molecule has 1 aliphatic rings. The predicted octanol–water partition coefficient (Wildman–Crippen LogP) is 3.00. The molecule has 0 amide bonds. The van der Waals surface area contributed by atoms with E-state index in [1.807, 2.05) is 18.7 Å². The minimum absolute atomic E-state index is 0.216. The molecule has 0 radical (unpaired) electrons. The Morgan fingerprint density at radius 1 is 1.47 bits per heavy atom. The van der Waals surface area contributed by atoms with Crippen LogP contribution >= 0.6 is 23.4 Å². The molecule has 0 spiro atoms. The second-order valence-corrected chi connectivity index (χ2v) is 6.36. The molecular formula is C13H20ClN3OS. The first kappa shape index (κ1) is 14.7. The minimum Gasteiger partial charge on any atom is -0.380 e. The van der Waals surface area contributed by atoms with E-state index in [4.69, 9.17) is 11.6 Å². The zero-order valence-corrected chi connectivity index (χ0v) is 12.9. The Morgan fingerprint density at radius 2 is 2.16 bits per heavy atom. The standard InChI is InChI=1S/C13H20ClN3OS/c1-3-17-13(18)12(14)11(8-15-17)16-9-4-6-10(19-2)7-5-9/h8-10,16H,3-7H2,1-2H3. The van der Waals surface area contributed by atoms with Gasteiger partial charge in [0.25, 0.3) is 5.56 Å². The molecule has 2 rings (SSSR count). The van der Waals surface area contributed by atoms with Gasteiger partial charge in [0.2, 0.25) is 0 Å². The van der Waals surface area contributed by atoms with Crippen molar-refractivity contribution in [1.82, 2.24) is 9.78 Å². The van der Waals surface area contributed by atoms with E-state index in [0.29, 0.717) is 18.3 Å². The summed E-state index contributed by atoms with van der Waals surface area (Å²) in [6.07, 6.45) is 8.51. The summed E-state index contributed by atoms with van der Waals surface area (Å²) in [4.78, 5) is 11.9. The fraction of sp³-hybridized carbons (Fsp3) is 0.692. The summed E-state index contributed by atoms with van der Waals surface area (Å²) >= 11 is 8.06. The Balaban J connectivity index is 2.04. The van der Waals surface area contributed by atoms with Crippen LogP contribution in [0.5, 0.6) is 0 Å². The lowest BCUT2D eigenvalue weighted by Crippen LogP contribution is -2.29. The van der Waals surface area contributed by atoms with Gasteiger partial charge in [-0.15, -0.1) is 0 Å². The Kier molecular flexibility index (Phi) is 5.16. The summed E-state index contributed by atoms with van der Waals surface area (Å²) < 4.78 is 1.37. The molecule has 19 heavy (non-hydrogen) atoms. The van der Waals surface area contributed by atoms with Gasteiger partial charge in [0.1, 0.15) is 5.02 Å². The molecular weight excluding hydrogens is 282 g/mol. The fourth-order valence-electron chi connectivity index (χ4n) is 2.45. The quantitative estimate of drug-likeness (QED) is 0.928. The summed E-state index contributed by atoms with van der Waals surface area (Å²) in [7, 11) is 0. The molecule has 1 aromatic rings. The maximum absolute atomic E-state index is 11.9. The molecule has 1 fully saturated rings. The van der Waals surface area contributed by atoms with E-state index in [2.05, 4.69) is 16.7 Å². The average molecular weight is 302 g/mol. The van der Waals surface area contributed by atoms with Crippen LogP contribution in [0, 0.1) is 0 Å². The van der Waals surface area contributed by atoms with Gasteiger partial charge in [-0.25, -0.2) is 4.68 Å². The van der Waals surface area contributed by atoms with E-state index in [-0.39, 0.29) is 10.6 Å². The normalized spacial score (nSPS) is 23.3. The molecule has 0 unspecified atom stereocenters. The number of nitrogens with one attached hydrogen (secondary N) is 1. The molecule has 4 nitrogen and oxygen atoms in total. The number of aryl methyl sites for hydroxylation is 1. The number of hydrogen-bond donors (Lipinski definition) is 1. The van der Waals surface area contributed by atoms with Crippen molar-refractivity contribution in [1.29, 1.82) is 0 Å². The smallest absolute Gasteiger partial charge is 0.287 e. The van der Waals surface area contributed by atoms with Crippen LogP contribution in [-0.4, -0.2) is 27.3 Å². The first-order chi connectivity index (χ1) is 9.15. The van der Waals surface area contributed by atoms with Crippen LogP contribution in [0.25, 0.3) is 0 Å². The lowest BCUT2D eigenvalue weighted by atomic mass is 9.95. The van der Waals surface area contributed by atoms with Crippen molar-refractivity contribution < 1.29 is 0 Å². The zero-order chi connectivity index (χ0) is 13.8. The van der Waals surface area contributed by atoms with Crippen LogP contribution in [0.2, 0.25) is 5.02 Å². The molecule has 1 aliphatic carbocycles. The van der Waals surface area contributed by atoms with Crippen molar-refractivity contribution in [3.8, 4) is 0 Å². The molecule has 1 heterocycles. The molecule has 0 aliphatic heterocycles. The number of aromatic nitrogens is 2. The molecule has 106 valence electrons. The molecule has 0 atom stereocenters. The summed E-state index contributed by atoms with van der Waals surface area (Å²) in [5.41, 5.74) is 0.455. The molecule has 1 saturated carbocycles. The van der Waals surface area contributed by atoms with Crippen molar-refractivity contribution in [3.05, 3.63) is 21.6 Å². The van der Waals surface area contributed by atoms with Crippen LogP contribution in [-0.2, 0) is 6.54 Å². The molecule has 1 aromatic heterocycles. The Morgan fingerprint density at radius 3 is 2.74 bits per heavy atom. The van der Waals surface area contributed by atoms with Gasteiger partial charge in [-0.2, -0.15) is 16.9 Å². The van der Waals surface area contributed by atoms with Crippen molar-refractivity contribution in [3.63, 3.8) is 0 Å². The number of rotatable bonds is 4. The van der Waals surface area contributed by atoms with E-state index in [1.54, 1.807) is 6.20 Å². The zero-order valence-electron chi connectivity index (χ0n) is 11.4. The van der Waals surface area contributed by atoms with E-state index in [0.717, 1.165) is 18.1 Å². The van der Waals surface area contributed by atoms with Crippen molar-refractivity contribution >= 4 is 29.1 Å². The summed E-state index contributed by atoms with van der Waals surface area (Å²) in [6, 6.07) is 0.402. The second kappa shape index (κ2) is 6.66. The highest BCUT2D eigenvalue weighted by molar-refractivity contribution is 7.99. The van der Waals surface area contributed by atoms with E-state index in [1.165, 1.54) is 17.5 Å². The van der Waals surface area contributed by atoms with Crippen LogP contribution in [0.15, 0.2) is 11.0 Å². The van der Waals surface area contributed by atoms with E-state index >= 15 is 0 Å². The predicted molar refractivity (Wildman–Crippen MR) is 82.4 cm³/mol. The summed E-state index contributed by atoms with van der Waals surface area (Å²) in [5.74, 6) is 0. The first-order valence-corrected chi connectivity index (χ1v) is 8.37.